The van der Waals surface area contributed by atoms with Crippen molar-refractivity contribution in [2.75, 3.05) is 6.61 Å². The minimum atomic E-state index is 0.166. The molecule has 1 aromatic rings. The molecule has 0 heterocycles. The summed E-state index contributed by atoms with van der Waals surface area (Å²) >= 11 is 3.38. The van der Waals surface area contributed by atoms with Crippen molar-refractivity contribution in [1.82, 2.24) is 0 Å². The molecule has 1 aromatic carbocycles. The van der Waals surface area contributed by atoms with Crippen LogP contribution >= 0.6 is 15.9 Å². The fourth-order valence-corrected chi connectivity index (χ4v) is 1.45. The second kappa shape index (κ2) is 5.78. The van der Waals surface area contributed by atoms with E-state index in [1.54, 1.807) is 0 Å². The van der Waals surface area contributed by atoms with E-state index < -0.39 is 0 Å². The Morgan fingerprint density at radius 1 is 1.50 bits per heavy atom. The summed E-state index contributed by atoms with van der Waals surface area (Å²) in [5.41, 5.74) is 6.31. The van der Waals surface area contributed by atoms with Gasteiger partial charge in [0.1, 0.15) is 0 Å². The first-order valence-electron chi connectivity index (χ1n) is 4.33. The molecule has 0 aliphatic rings. The number of rotatable bonds is 5. The Morgan fingerprint density at radius 2 is 2.29 bits per heavy atom. The van der Waals surface area contributed by atoms with E-state index >= 15 is 0 Å². The standard InChI is InChI=1S/C10H13BrN2O/c11-9-3-1-2-8(6-9)7-14-5-4-10(12)13/h1-3,6H,4-5,7H2,(H3,12,13). The largest absolute Gasteiger partial charge is 0.388 e. The van der Waals surface area contributed by atoms with Crippen LogP contribution in [0.1, 0.15) is 12.0 Å². The van der Waals surface area contributed by atoms with Crippen molar-refractivity contribution in [2.24, 2.45) is 5.73 Å². The molecule has 3 nitrogen and oxygen atoms in total. The van der Waals surface area contributed by atoms with Gasteiger partial charge in [0, 0.05) is 10.9 Å². The van der Waals surface area contributed by atoms with Gasteiger partial charge in [0.05, 0.1) is 19.0 Å². The van der Waals surface area contributed by atoms with Crippen molar-refractivity contribution in [3.05, 3.63) is 34.3 Å². The molecule has 0 aliphatic heterocycles. The van der Waals surface area contributed by atoms with Crippen LogP contribution in [0, 0.1) is 5.41 Å². The summed E-state index contributed by atoms with van der Waals surface area (Å²) in [7, 11) is 0. The van der Waals surface area contributed by atoms with Crippen molar-refractivity contribution >= 4 is 21.8 Å². The molecule has 0 unspecified atom stereocenters. The summed E-state index contributed by atoms with van der Waals surface area (Å²) in [6.45, 7) is 1.06. The zero-order valence-corrected chi connectivity index (χ0v) is 9.38. The SMILES string of the molecule is N=C(N)CCOCc1cccc(Br)c1. The molecule has 0 aliphatic carbocycles. The van der Waals surface area contributed by atoms with Gasteiger partial charge in [-0.1, -0.05) is 28.1 Å². The van der Waals surface area contributed by atoms with Crippen LogP contribution in [0.15, 0.2) is 28.7 Å². The summed E-state index contributed by atoms with van der Waals surface area (Å²) < 4.78 is 6.39. The molecular weight excluding hydrogens is 244 g/mol. The summed E-state index contributed by atoms with van der Waals surface area (Å²) in [5, 5.41) is 7.00. The molecule has 3 N–H and O–H groups in total. The summed E-state index contributed by atoms with van der Waals surface area (Å²) in [6, 6.07) is 7.94. The average Bonchev–Trinajstić information content (AvgIpc) is 2.12. The van der Waals surface area contributed by atoms with Crippen LogP contribution in [0.5, 0.6) is 0 Å². The highest BCUT2D eigenvalue weighted by atomic mass is 79.9. The smallest absolute Gasteiger partial charge is 0.0928 e. The lowest BCUT2D eigenvalue weighted by molar-refractivity contribution is 0.127. The maximum Gasteiger partial charge on any atom is 0.0928 e. The van der Waals surface area contributed by atoms with Crippen LogP contribution < -0.4 is 5.73 Å². The Bertz CT molecular complexity index is 315. The molecule has 0 atom stereocenters. The molecule has 0 saturated carbocycles. The average molecular weight is 257 g/mol. The van der Waals surface area contributed by atoms with Gasteiger partial charge in [-0.05, 0) is 17.7 Å². The summed E-state index contributed by atoms with van der Waals surface area (Å²) in [4.78, 5) is 0. The van der Waals surface area contributed by atoms with E-state index in [1.165, 1.54) is 0 Å². The number of ether oxygens (including phenoxy) is 1. The molecular formula is C10H13BrN2O. The first-order chi connectivity index (χ1) is 6.68. The molecule has 0 amide bonds. The number of hydrogen-bond acceptors (Lipinski definition) is 2. The minimum Gasteiger partial charge on any atom is -0.388 e. The van der Waals surface area contributed by atoms with Crippen molar-refractivity contribution in [3.63, 3.8) is 0 Å². The molecule has 0 bridgehead atoms. The second-order valence-electron chi connectivity index (χ2n) is 2.96. The maximum absolute atomic E-state index is 7.00. The molecule has 0 saturated heterocycles. The van der Waals surface area contributed by atoms with E-state index in [4.69, 9.17) is 15.9 Å². The van der Waals surface area contributed by atoms with E-state index in [9.17, 15) is 0 Å². The first kappa shape index (κ1) is 11.2. The van der Waals surface area contributed by atoms with E-state index in [0.29, 0.717) is 19.6 Å². The van der Waals surface area contributed by atoms with Crippen LogP contribution in [0.25, 0.3) is 0 Å². The van der Waals surface area contributed by atoms with Gasteiger partial charge in [0.25, 0.3) is 0 Å². The molecule has 1 rings (SSSR count). The van der Waals surface area contributed by atoms with E-state index in [-0.39, 0.29) is 5.84 Å². The van der Waals surface area contributed by atoms with Gasteiger partial charge in [0.15, 0.2) is 0 Å². The van der Waals surface area contributed by atoms with Gasteiger partial charge in [-0.2, -0.15) is 0 Å². The number of hydrogen-bond donors (Lipinski definition) is 2. The fourth-order valence-electron chi connectivity index (χ4n) is 0.999. The van der Waals surface area contributed by atoms with Crippen LogP contribution in [0.4, 0.5) is 0 Å². The Morgan fingerprint density at radius 3 is 2.93 bits per heavy atom. The van der Waals surface area contributed by atoms with Gasteiger partial charge in [0.2, 0.25) is 0 Å². The maximum atomic E-state index is 7.00. The topological polar surface area (TPSA) is 59.1 Å². The molecule has 4 heteroatoms. The number of nitrogens with two attached hydrogens (primary N) is 1. The summed E-state index contributed by atoms with van der Waals surface area (Å²) in [6.07, 6.45) is 0.494. The molecule has 0 radical (unpaired) electrons. The Labute approximate surface area is 91.9 Å². The van der Waals surface area contributed by atoms with Crippen LogP contribution in [0.3, 0.4) is 0 Å². The number of amidine groups is 1. The lowest BCUT2D eigenvalue weighted by Crippen LogP contribution is -2.12. The Hall–Kier alpha value is -0.870. The van der Waals surface area contributed by atoms with Crippen LogP contribution in [-0.2, 0) is 11.3 Å². The van der Waals surface area contributed by atoms with Crippen molar-refractivity contribution in [2.45, 2.75) is 13.0 Å². The van der Waals surface area contributed by atoms with Crippen LogP contribution in [-0.4, -0.2) is 12.4 Å². The highest BCUT2D eigenvalue weighted by Crippen LogP contribution is 2.12. The molecule has 14 heavy (non-hydrogen) atoms. The lowest BCUT2D eigenvalue weighted by atomic mass is 10.2. The number of benzene rings is 1. The molecule has 0 aromatic heterocycles. The molecule has 76 valence electrons. The highest BCUT2D eigenvalue weighted by Gasteiger charge is 1.95. The third-order valence-electron chi connectivity index (χ3n) is 1.67. The van der Waals surface area contributed by atoms with Crippen LogP contribution in [0.2, 0.25) is 0 Å². The zero-order chi connectivity index (χ0) is 10.4. The van der Waals surface area contributed by atoms with Gasteiger partial charge in [-0.3, -0.25) is 5.41 Å². The number of nitrogens with one attached hydrogen (secondary N) is 1. The molecule has 0 fully saturated rings. The Balaban J connectivity index is 2.28. The first-order valence-corrected chi connectivity index (χ1v) is 5.13. The Kier molecular flexibility index (Phi) is 4.62. The van der Waals surface area contributed by atoms with Crippen molar-refractivity contribution < 1.29 is 4.74 Å². The zero-order valence-electron chi connectivity index (χ0n) is 7.79. The second-order valence-corrected chi connectivity index (χ2v) is 3.87. The van der Waals surface area contributed by atoms with Gasteiger partial charge in [-0.25, -0.2) is 0 Å². The third kappa shape index (κ3) is 4.39. The van der Waals surface area contributed by atoms with Gasteiger partial charge in [-0.15, -0.1) is 0 Å². The van der Waals surface area contributed by atoms with E-state index in [0.717, 1.165) is 10.0 Å². The minimum absolute atomic E-state index is 0.166. The number of halogens is 1. The van der Waals surface area contributed by atoms with E-state index in [1.807, 2.05) is 24.3 Å². The predicted molar refractivity (Wildman–Crippen MR) is 60.3 cm³/mol. The lowest BCUT2D eigenvalue weighted by Gasteiger charge is -2.03. The fraction of sp³-hybridized carbons (Fsp3) is 0.300. The third-order valence-corrected chi connectivity index (χ3v) is 2.17. The van der Waals surface area contributed by atoms with Gasteiger partial charge < -0.3 is 10.5 Å². The predicted octanol–water partition coefficient (Wildman–Crippen LogP) is 2.29. The monoisotopic (exact) mass is 256 g/mol. The van der Waals surface area contributed by atoms with Gasteiger partial charge >= 0.3 is 0 Å². The normalized spacial score (nSPS) is 10.1. The quantitative estimate of drug-likeness (QED) is 0.483. The van der Waals surface area contributed by atoms with Crippen molar-refractivity contribution in [3.8, 4) is 0 Å². The van der Waals surface area contributed by atoms with E-state index in [2.05, 4.69) is 15.9 Å². The summed E-state index contributed by atoms with van der Waals surface area (Å²) in [5.74, 6) is 0.166. The molecule has 0 spiro atoms. The highest BCUT2D eigenvalue weighted by molar-refractivity contribution is 9.10. The van der Waals surface area contributed by atoms with Crippen molar-refractivity contribution in [1.29, 1.82) is 5.41 Å².